The molecule has 1 amide bonds. The molecule has 1 unspecified atom stereocenters. The predicted octanol–water partition coefficient (Wildman–Crippen LogP) is -0.114. The van der Waals surface area contributed by atoms with Crippen LogP contribution in [0.25, 0.3) is 0 Å². The number of likely N-dealkylation sites (N-methyl/N-ethyl adjacent to an activating group) is 1. The molecule has 4 heteroatoms. The first-order valence-electron chi connectivity index (χ1n) is 5.26. The van der Waals surface area contributed by atoms with Gasteiger partial charge in [-0.15, -0.1) is 0 Å². The van der Waals surface area contributed by atoms with Crippen LogP contribution in [0, 0.1) is 0 Å². The first-order chi connectivity index (χ1) is 6.56. The molecule has 0 aliphatic carbocycles. The molecular formula is C10H21N3O. The molecule has 1 rings (SSSR count). The lowest BCUT2D eigenvalue weighted by Gasteiger charge is -2.32. The minimum atomic E-state index is 0.0697. The standard InChI is InChI=1S/C10H21N3O/c1-8(2)13(10(14)6-11)9-4-5-12(3)7-9/h8-9H,4-7,11H2,1-3H3. The zero-order valence-corrected chi connectivity index (χ0v) is 9.36. The Hall–Kier alpha value is -0.610. The van der Waals surface area contributed by atoms with Gasteiger partial charge >= 0.3 is 0 Å². The third-order valence-corrected chi connectivity index (χ3v) is 2.78. The minimum absolute atomic E-state index is 0.0697. The van der Waals surface area contributed by atoms with Gasteiger partial charge < -0.3 is 15.5 Å². The Bertz CT molecular complexity index is 206. The van der Waals surface area contributed by atoms with Gasteiger partial charge in [-0.2, -0.15) is 0 Å². The summed E-state index contributed by atoms with van der Waals surface area (Å²) >= 11 is 0. The molecule has 1 fully saturated rings. The predicted molar refractivity (Wildman–Crippen MR) is 56.9 cm³/mol. The van der Waals surface area contributed by atoms with Crippen LogP contribution in [0.15, 0.2) is 0 Å². The summed E-state index contributed by atoms with van der Waals surface area (Å²) in [5, 5.41) is 0. The maximum absolute atomic E-state index is 11.6. The molecule has 0 aromatic carbocycles. The van der Waals surface area contributed by atoms with Gasteiger partial charge in [0.15, 0.2) is 0 Å². The number of carbonyl (C=O) groups excluding carboxylic acids is 1. The Morgan fingerprint density at radius 2 is 2.29 bits per heavy atom. The molecule has 1 aliphatic rings. The van der Waals surface area contributed by atoms with Crippen LogP contribution in [0.5, 0.6) is 0 Å². The van der Waals surface area contributed by atoms with E-state index in [4.69, 9.17) is 5.73 Å². The molecule has 14 heavy (non-hydrogen) atoms. The first kappa shape index (κ1) is 11.5. The molecule has 1 saturated heterocycles. The molecule has 0 spiro atoms. The van der Waals surface area contributed by atoms with E-state index in [-0.39, 0.29) is 18.5 Å². The van der Waals surface area contributed by atoms with Crippen molar-refractivity contribution in [2.45, 2.75) is 32.4 Å². The van der Waals surface area contributed by atoms with E-state index in [1.807, 2.05) is 18.7 Å². The van der Waals surface area contributed by atoms with Crippen molar-refractivity contribution in [2.75, 3.05) is 26.7 Å². The van der Waals surface area contributed by atoms with Gasteiger partial charge in [0, 0.05) is 18.6 Å². The fourth-order valence-corrected chi connectivity index (χ4v) is 2.16. The van der Waals surface area contributed by atoms with E-state index in [1.165, 1.54) is 0 Å². The zero-order valence-electron chi connectivity index (χ0n) is 9.36. The summed E-state index contributed by atoms with van der Waals surface area (Å²) in [6.07, 6.45) is 1.07. The Morgan fingerprint density at radius 1 is 1.64 bits per heavy atom. The molecule has 1 heterocycles. The molecule has 1 aliphatic heterocycles. The maximum Gasteiger partial charge on any atom is 0.236 e. The van der Waals surface area contributed by atoms with E-state index >= 15 is 0 Å². The zero-order chi connectivity index (χ0) is 10.7. The van der Waals surface area contributed by atoms with Crippen LogP contribution in [0.2, 0.25) is 0 Å². The van der Waals surface area contributed by atoms with Crippen molar-refractivity contribution in [3.8, 4) is 0 Å². The largest absolute Gasteiger partial charge is 0.335 e. The van der Waals surface area contributed by atoms with Gasteiger partial charge in [-0.1, -0.05) is 0 Å². The second kappa shape index (κ2) is 4.75. The van der Waals surface area contributed by atoms with E-state index in [0.717, 1.165) is 19.5 Å². The van der Waals surface area contributed by atoms with Crippen LogP contribution >= 0.6 is 0 Å². The Kier molecular flexibility index (Phi) is 3.89. The minimum Gasteiger partial charge on any atom is -0.335 e. The molecule has 0 saturated carbocycles. The van der Waals surface area contributed by atoms with Gasteiger partial charge in [0.25, 0.3) is 0 Å². The van der Waals surface area contributed by atoms with Gasteiger partial charge in [-0.05, 0) is 33.9 Å². The second-order valence-electron chi connectivity index (χ2n) is 4.30. The van der Waals surface area contributed by atoms with E-state index in [0.29, 0.717) is 6.04 Å². The highest BCUT2D eigenvalue weighted by Gasteiger charge is 2.29. The third-order valence-electron chi connectivity index (χ3n) is 2.78. The lowest BCUT2D eigenvalue weighted by molar-refractivity contribution is -0.133. The molecule has 0 aromatic heterocycles. The van der Waals surface area contributed by atoms with Gasteiger partial charge in [0.1, 0.15) is 0 Å². The SMILES string of the molecule is CC(C)N(C(=O)CN)C1CCN(C)C1. The Morgan fingerprint density at radius 3 is 2.64 bits per heavy atom. The number of likely N-dealkylation sites (tertiary alicyclic amines) is 1. The highest BCUT2D eigenvalue weighted by molar-refractivity contribution is 5.78. The number of amides is 1. The van der Waals surface area contributed by atoms with Crippen LogP contribution in [-0.4, -0.2) is 54.5 Å². The molecule has 82 valence electrons. The fourth-order valence-electron chi connectivity index (χ4n) is 2.16. The van der Waals surface area contributed by atoms with Gasteiger partial charge in [-0.25, -0.2) is 0 Å². The molecule has 0 bridgehead atoms. The first-order valence-corrected chi connectivity index (χ1v) is 5.26. The molecule has 0 radical (unpaired) electrons. The van der Waals surface area contributed by atoms with Crippen molar-refractivity contribution in [2.24, 2.45) is 5.73 Å². The summed E-state index contributed by atoms with van der Waals surface area (Å²) in [7, 11) is 2.09. The Balaban J connectivity index is 2.63. The lowest BCUT2D eigenvalue weighted by atomic mass is 10.1. The van der Waals surface area contributed by atoms with Crippen LogP contribution in [0.4, 0.5) is 0 Å². The van der Waals surface area contributed by atoms with E-state index < -0.39 is 0 Å². The van der Waals surface area contributed by atoms with Crippen LogP contribution in [-0.2, 0) is 4.79 Å². The third kappa shape index (κ3) is 2.45. The highest BCUT2D eigenvalue weighted by Crippen LogP contribution is 2.16. The topological polar surface area (TPSA) is 49.6 Å². The van der Waals surface area contributed by atoms with Crippen molar-refractivity contribution >= 4 is 5.91 Å². The summed E-state index contributed by atoms with van der Waals surface area (Å²) in [6, 6.07) is 0.610. The summed E-state index contributed by atoms with van der Waals surface area (Å²) in [5.41, 5.74) is 5.41. The second-order valence-corrected chi connectivity index (χ2v) is 4.30. The van der Waals surface area contributed by atoms with Gasteiger partial charge in [0.2, 0.25) is 5.91 Å². The van der Waals surface area contributed by atoms with Crippen LogP contribution in [0.3, 0.4) is 0 Å². The van der Waals surface area contributed by atoms with Crippen LogP contribution in [0.1, 0.15) is 20.3 Å². The smallest absolute Gasteiger partial charge is 0.236 e. The van der Waals surface area contributed by atoms with Gasteiger partial charge in [-0.3, -0.25) is 4.79 Å². The Labute approximate surface area is 86.0 Å². The average molecular weight is 199 g/mol. The summed E-state index contributed by atoms with van der Waals surface area (Å²) < 4.78 is 0. The number of hydrogen-bond donors (Lipinski definition) is 1. The maximum atomic E-state index is 11.6. The quantitative estimate of drug-likeness (QED) is 0.690. The monoisotopic (exact) mass is 199 g/mol. The number of hydrogen-bond acceptors (Lipinski definition) is 3. The van der Waals surface area contributed by atoms with E-state index in [2.05, 4.69) is 11.9 Å². The number of nitrogens with zero attached hydrogens (tertiary/aromatic N) is 2. The number of nitrogens with two attached hydrogens (primary N) is 1. The van der Waals surface area contributed by atoms with Crippen molar-refractivity contribution in [3.05, 3.63) is 0 Å². The molecule has 2 N–H and O–H groups in total. The molecule has 1 atom stereocenters. The molecular weight excluding hydrogens is 178 g/mol. The summed E-state index contributed by atoms with van der Waals surface area (Å²) in [4.78, 5) is 15.8. The average Bonchev–Trinajstić information content (AvgIpc) is 2.51. The lowest BCUT2D eigenvalue weighted by Crippen LogP contribution is -2.48. The number of carbonyl (C=O) groups is 1. The van der Waals surface area contributed by atoms with Crippen LogP contribution < -0.4 is 5.73 Å². The highest BCUT2D eigenvalue weighted by atomic mass is 16.2. The van der Waals surface area contributed by atoms with Crippen molar-refractivity contribution in [1.29, 1.82) is 0 Å². The van der Waals surface area contributed by atoms with Crippen molar-refractivity contribution in [3.63, 3.8) is 0 Å². The van der Waals surface area contributed by atoms with E-state index in [9.17, 15) is 4.79 Å². The summed E-state index contributed by atoms with van der Waals surface area (Å²) in [5.74, 6) is 0.0697. The summed E-state index contributed by atoms with van der Waals surface area (Å²) in [6.45, 7) is 6.27. The van der Waals surface area contributed by atoms with E-state index in [1.54, 1.807) is 0 Å². The molecule has 4 nitrogen and oxygen atoms in total. The normalized spacial score (nSPS) is 23.1. The molecule has 0 aromatic rings. The van der Waals surface area contributed by atoms with Crippen molar-refractivity contribution in [1.82, 2.24) is 9.80 Å². The van der Waals surface area contributed by atoms with Crippen molar-refractivity contribution < 1.29 is 4.79 Å². The van der Waals surface area contributed by atoms with Gasteiger partial charge in [0.05, 0.1) is 6.54 Å². The number of rotatable bonds is 3. The fraction of sp³-hybridized carbons (Fsp3) is 0.900.